The second-order valence-electron chi connectivity index (χ2n) is 6.80. The first-order chi connectivity index (χ1) is 9.85. The van der Waals surface area contributed by atoms with Gasteiger partial charge < -0.3 is 5.84 Å². The largest absolute Gasteiger partial charge is 0.335 e. The third kappa shape index (κ3) is 2.18. The van der Waals surface area contributed by atoms with Crippen LogP contribution < -0.4 is 11.4 Å². The van der Waals surface area contributed by atoms with Gasteiger partial charge in [-0.2, -0.15) is 0 Å². The summed E-state index contributed by atoms with van der Waals surface area (Å²) < 4.78 is 1.18. The van der Waals surface area contributed by atoms with E-state index in [1.165, 1.54) is 21.5 Å². The van der Waals surface area contributed by atoms with Crippen molar-refractivity contribution in [3.8, 4) is 0 Å². The van der Waals surface area contributed by atoms with Crippen LogP contribution in [0, 0.1) is 18.3 Å². The van der Waals surface area contributed by atoms with E-state index < -0.39 is 0 Å². The highest BCUT2D eigenvalue weighted by molar-refractivity contribution is 7.18. The molecule has 0 bridgehead atoms. The average Bonchev–Trinajstić information content (AvgIpc) is 2.81. The van der Waals surface area contributed by atoms with Crippen LogP contribution in [0.25, 0.3) is 10.2 Å². The fourth-order valence-electron chi connectivity index (χ4n) is 3.29. The quantitative estimate of drug-likeness (QED) is 0.868. The van der Waals surface area contributed by atoms with Gasteiger partial charge in [-0.1, -0.05) is 27.2 Å². The number of rotatable bonds is 2. The molecular weight excluding hydrogens is 282 g/mol. The molecule has 2 heterocycles. The predicted octanol–water partition coefficient (Wildman–Crippen LogP) is 3.02. The molecule has 0 amide bonds. The number of fused-ring (bicyclic) bond motifs is 3. The van der Waals surface area contributed by atoms with Crippen molar-refractivity contribution >= 4 is 21.6 Å². The van der Waals surface area contributed by atoms with Gasteiger partial charge in [0.1, 0.15) is 10.7 Å². The molecule has 0 unspecified atom stereocenters. The van der Waals surface area contributed by atoms with Gasteiger partial charge in [-0.3, -0.25) is 4.79 Å². The molecule has 0 saturated heterocycles. The summed E-state index contributed by atoms with van der Waals surface area (Å²) in [6, 6.07) is 0. The molecule has 21 heavy (non-hydrogen) atoms. The molecule has 0 radical (unpaired) electrons. The standard InChI is InChI=1S/C16H23N3OS/c1-5-16(3,4)10-6-7-11-12(8-10)21-14-13(11)15(20)19(17)9(2)18-14/h10H,5-8,17H2,1-4H3/t10-/m1/s1. The lowest BCUT2D eigenvalue weighted by molar-refractivity contribution is 0.184. The minimum atomic E-state index is -0.0943. The molecule has 4 nitrogen and oxygen atoms in total. The second-order valence-corrected chi connectivity index (χ2v) is 7.88. The Morgan fingerprint density at radius 2 is 2.19 bits per heavy atom. The van der Waals surface area contributed by atoms with Gasteiger partial charge in [0.15, 0.2) is 0 Å². The van der Waals surface area contributed by atoms with Crippen LogP contribution >= 0.6 is 11.3 Å². The summed E-state index contributed by atoms with van der Waals surface area (Å²) in [4.78, 5) is 19.1. The highest BCUT2D eigenvalue weighted by atomic mass is 32.1. The molecule has 0 aromatic carbocycles. The van der Waals surface area contributed by atoms with E-state index in [0.717, 1.165) is 29.5 Å². The lowest BCUT2D eigenvalue weighted by Crippen LogP contribution is -2.31. The molecule has 114 valence electrons. The molecule has 1 aliphatic rings. The Bertz CT molecular complexity index is 757. The maximum absolute atomic E-state index is 12.4. The van der Waals surface area contributed by atoms with Gasteiger partial charge in [0.2, 0.25) is 0 Å². The minimum absolute atomic E-state index is 0.0943. The Morgan fingerprint density at radius 1 is 1.48 bits per heavy atom. The van der Waals surface area contributed by atoms with E-state index in [1.54, 1.807) is 18.3 Å². The topological polar surface area (TPSA) is 60.9 Å². The molecule has 2 aromatic heterocycles. The van der Waals surface area contributed by atoms with Crippen molar-refractivity contribution < 1.29 is 0 Å². The SMILES string of the molecule is CCC(C)(C)[C@@H]1CCc2c(sc3nc(C)n(N)c(=O)c23)C1. The zero-order valence-corrected chi connectivity index (χ0v) is 14.0. The Labute approximate surface area is 129 Å². The summed E-state index contributed by atoms with van der Waals surface area (Å²) in [7, 11) is 0. The van der Waals surface area contributed by atoms with Crippen molar-refractivity contribution in [1.29, 1.82) is 0 Å². The van der Waals surface area contributed by atoms with Gasteiger partial charge in [0.05, 0.1) is 5.39 Å². The molecule has 0 saturated carbocycles. The maximum atomic E-state index is 12.4. The maximum Gasteiger partial charge on any atom is 0.280 e. The molecule has 0 spiro atoms. The van der Waals surface area contributed by atoms with Gasteiger partial charge in [0, 0.05) is 4.88 Å². The molecule has 5 heteroatoms. The van der Waals surface area contributed by atoms with Gasteiger partial charge in [-0.05, 0) is 43.1 Å². The second kappa shape index (κ2) is 4.83. The molecule has 1 atom stereocenters. The molecule has 2 N–H and O–H groups in total. The van der Waals surface area contributed by atoms with Crippen LogP contribution in [0.5, 0.6) is 0 Å². The van der Waals surface area contributed by atoms with Crippen molar-refractivity contribution in [2.45, 2.75) is 53.4 Å². The number of hydrogen-bond donors (Lipinski definition) is 1. The number of nitrogen functional groups attached to an aromatic ring is 1. The van der Waals surface area contributed by atoms with Crippen LogP contribution in [0.15, 0.2) is 4.79 Å². The minimum Gasteiger partial charge on any atom is -0.335 e. The van der Waals surface area contributed by atoms with Crippen molar-refractivity contribution in [3.63, 3.8) is 0 Å². The number of aromatic nitrogens is 2. The van der Waals surface area contributed by atoms with Gasteiger partial charge >= 0.3 is 0 Å². The zero-order valence-electron chi connectivity index (χ0n) is 13.2. The highest BCUT2D eigenvalue weighted by Gasteiger charge is 2.33. The number of thiophene rings is 1. The Hall–Kier alpha value is -1.36. The molecule has 2 aromatic rings. The van der Waals surface area contributed by atoms with Gasteiger partial charge in [0.25, 0.3) is 5.56 Å². The molecule has 0 fully saturated rings. The fraction of sp³-hybridized carbons (Fsp3) is 0.625. The van der Waals surface area contributed by atoms with Crippen LogP contribution in [0.4, 0.5) is 0 Å². The first kappa shape index (κ1) is 14.6. The Morgan fingerprint density at radius 3 is 2.86 bits per heavy atom. The summed E-state index contributed by atoms with van der Waals surface area (Å²) in [6.07, 6.45) is 4.38. The lowest BCUT2D eigenvalue weighted by atomic mass is 9.70. The van der Waals surface area contributed by atoms with E-state index in [2.05, 4.69) is 25.8 Å². The first-order valence-corrected chi connectivity index (χ1v) is 8.45. The van der Waals surface area contributed by atoms with Crippen molar-refractivity contribution in [3.05, 3.63) is 26.6 Å². The van der Waals surface area contributed by atoms with Crippen molar-refractivity contribution in [1.82, 2.24) is 9.66 Å². The normalized spacial score (nSPS) is 19.0. The number of hydrogen-bond acceptors (Lipinski definition) is 4. The van der Waals surface area contributed by atoms with E-state index in [-0.39, 0.29) is 5.56 Å². The third-order valence-electron chi connectivity index (χ3n) is 5.31. The molecular formula is C16H23N3OS. The Balaban J connectivity index is 2.12. The van der Waals surface area contributed by atoms with Gasteiger partial charge in [-0.15, -0.1) is 11.3 Å². The number of aryl methyl sites for hydroxylation is 2. The number of nitrogens with zero attached hydrogens (tertiary/aromatic N) is 2. The van der Waals surface area contributed by atoms with E-state index in [4.69, 9.17) is 5.84 Å². The lowest BCUT2D eigenvalue weighted by Gasteiger charge is -2.36. The molecule has 1 aliphatic carbocycles. The van der Waals surface area contributed by atoms with Crippen LogP contribution in [0.2, 0.25) is 0 Å². The first-order valence-electron chi connectivity index (χ1n) is 7.64. The monoisotopic (exact) mass is 305 g/mol. The van der Waals surface area contributed by atoms with Crippen LogP contribution in [-0.2, 0) is 12.8 Å². The summed E-state index contributed by atoms with van der Waals surface area (Å²) >= 11 is 1.69. The van der Waals surface area contributed by atoms with Crippen molar-refractivity contribution in [2.24, 2.45) is 11.3 Å². The van der Waals surface area contributed by atoms with Gasteiger partial charge in [-0.25, -0.2) is 9.66 Å². The molecule has 3 rings (SSSR count). The van der Waals surface area contributed by atoms with Crippen molar-refractivity contribution in [2.75, 3.05) is 5.84 Å². The summed E-state index contributed by atoms with van der Waals surface area (Å²) in [5.74, 6) is 7.07. The van der Waals surface area contributed by atoms with Crippen LogP contribution in [0.1, 0.15) is 49.9 Å². The highest BCUT2D eigenvalue weighted by Crippen LogP contribution is 2.43. The van der Waals surface area contributed by atoms with Crippen LogP contribution in [0.3, 0.4) is 0 Å². The van der Waals surface area contributed by atoms with E-state index in [0.29, 0.717) is 17.2 Å². The van der Waals surface area contributed by atoms with Crippen LogP contribution in [-0.4, -0.2) is 9.66 Å². The summed E-state index contributed by atoms with van der Waals surface area (Å²) in [5.41, 5.74) is 1.46. The fourth-order valence-corrected chi connectivity index (χ4v) is 4.63. The summed E-state index contributed by atoms with van der Waals surface area (Å²) in [6.45, 7) is 8.75. The Kier molecular flexibility index (Phi) is 3.35. The van der Waals surface area contributed by atoms with E-state index in [9.17, 15) is 4.79 Å². The average molecular weight is 305 g/mol. The van der Waals surface area contributed by atoms with E-state index in [1.807, 2.05) is 0 Å². The third-order valence-corrected chi connectivity index (χ3v) is 6.46. The van der Waals surface area contributed by atoms with E-state index >= 15 is 0 Å². The zero-order chi connectivity index (χ0) is 15.4. The predicted molar refractivity (Wildman–Crippen MR) is 88.4 cm³/mol. The molecule has 0 aliphatic heterocycles. The number of nitrogens with two attached hydrogens (primary N) is 1. The summed E-state index contributed by atoms with van der Waals surface area (Å²) in [5, 5.41) is 0.760. The smallest absolute Gasteiger partial charge is 0.280 e.